The average Bonchev–Trinajstić information content (AvgIpc) is 3.27. The van der Waals surface area contributed by atoms with E-state index in [-0.39, 0.29) is 0 Å². The van der Waals surface area contributed by atoms with Crippen LogP contribution in [0.2, 0.25) is 0 Å². The smallest absolute Gasteiger partial charge is 0.0292 e. The van der Waals surface area contributed by atoms with Crippen molar-refractivity contribution in [3.8, 4) is 11.8 Å². The second-order valence-electron chi connectivity index (χ2n) is 18.5. The van der Waals surface area contributed by atoms with Crippen LogP contribution in [0.25, 0.3) is 0 Å². The average molecular weight is 860 g/mol. The van der Waals surface area contributed by atoms with E-state index in [1.165, 1.54) is 249 Å². The van der Waals surface area contributed by atoms with Gasteiger partial charge in [-0.15, -0.1) is 23.5 Å². The van der Waals surface area contributed by atoms with Crippen molar-refractivity contribution < 1.29 is 0 Å². The zero-order valence-corrected chi connectivity index (χ0v) is 42.5. The van der Waals surface area contributed by atoms with Gasteiger partial charge < -0.3 is 0 Å². The quantitative estimate of drug-likeness (QED) is 0.0372. The Balaban J connectivity index is 2.09. The first kappa shape index (κ1) is 54.8. The van der Waals surface area contributed by atoms with Crippen molar-refractivity contribution in [2.45, 2.75) is 270 Å². The van der Waals surface area contributed by atoms with Gasteiger partial charge in [0, 0.05) is 32.4 Å². The maximum Gasteiger partial charge on any atom is 0.0292 e. The SMILES string of the molecule is CCCCCCCCCCC(CCCCCCCC)CSc1cccc(C#Cc2cccc(SCC(CCCCCCCC)CCCCCCCCCC)c2CC)c1CC. The lowest BCUT2D eigenvalue weighted by Crippen LogP contribution is -2.05. The van der Waals surface area contributed by atoms with Crippen LogP contribution in [0.15, 0.2) is 46.2 Å². The molecule has 2 unspecified atom stereocenters. The summed E-state index contributed by atoms with van der Waals surface area (Å²) in [6.07, 6.45) is 47.2. The molecule has 0 nitrogen and oxygen atoms in total. The molecule has 0 aliphatic rings. The molecule has 0 N–H and O–H groups in total. The Morgan fingerprint density at radius 2 is 0.617 bits per heavy atom. The minimum absolute atomic E-state index is 0.832. The Bertz CT molecular complexity index is 1230. The summed E-state index contributed by atoms with van der Waals surface area (Å²) in [5.41, 5.74) is 5.40. The molecule has 0 bridgehead atoms. The fourth-order valence-electron chi connectivity index (χ4n) is 9.10. The maximum absolute atomic E-state index is 3.73. The fourth-order valence-corrected chi connectivity index (χ4v) is 11.8. The Morgan fingerprint density at radius 1 is 0.350 bits per heavy atom. The lowest BCUT2D eigenvalue weighted by molar-refractivity contribution is 0.436. The Morgan fingerprint density at radius 3 is 0.883 bits per heavy atom. The number of unbranched alkanes of at least 4 members (excludes halogenated alkanes) is 24. The molecule has 0 heterocycles. The van der Waals surface area contributed by atoms with E-state index < -0.39 is 0 Å². The van der Waals surface area contributed by atoms with Crippen LogP contribution in [0.3, 0.4) is 0 Å². The van der Waals surface area contributed by atoms with Gasteiger partial charge in [0.05, 0.1) is 0 Å². The van der Waals surface area contributed by atoms with E-state index in [0.29, 0.717) is 0 Å². The predicted molar refractivity (Wildman–Crippen MR) is 276 cm³/mol. The van der Waals surface area contributed by atoms with Crippen LogP contribution < -0.4 is 0 Å². The van der Waals surface area contributed by atoms with Crippen molar-refractivity contribution >= 4 is 23.5 Å². The molecule has 2 atom stereocenters. The van der Waals surface area contributed by atoms with Crippen molar-refractivity contribution in [3.05, 3.63) is 58.7 Å². The summed E-state index contributed by atoms with van der Waals surface area (Å²) >= 11 is 4.27. The van der Waals surface area contributed by atoms with Crippen molar-refractivity contribution in [3.63, 3.8) is 0 Å². The predicted octanol–water partition coefficient (Wildman–Crippen LogP) is 20.2. The lowest BCUT2D eigenvalue weighted by Gasteiger charge is -2.18. The molecule has 0 saturated heterocycles. The minimum atomic E-state index is 0.832. The van der Waals surface area contributed by atoms with Gasteiger partial charge in [0.25, 0.3) is 0 Å². The van der Waals surface area contributed by atoms with Gasteiger partial charge in [0.2, 0.25) is 0 Å². The van der Waals surface area contributed by atoms with E-state index in [1.54, 1.807) is 0 Å². The van der Waals surface area contributed by atoms with E-state index in [0.717, 1.165) is 24.7 Å². The molecule has 0 fully saturated rings. The number of rotatable bonds is 40. The van der Waals surface area contributed by atoms with Crippen molar-refractivity contribution in [2.75, 3.05) is 11.5 Å². The van der Waals surface area contributed by atoms with Crippen LogP contribution in [-0.2, 0) is 12.8 Å². The monoisotopic (exact) mass is 859 g/mol. The van der Waals surface area contributed by atoms with Crippen LogP contribution in [0.4, 0.5) is 0 Å². The highest BCUT2D eigenvalue weighted by molar-refractivity contribution is 7.99. The summed E-state index contributed by atoms with van der Waals surface area (Å²) in [6, 6.07) is 13.9. The zero-order valence-electron chi connectivity index (χ0n) is 40.9. The molecule has 0 spiro atoms. The standard InChI is InChI=1S/C58H98S2/c1-7-13-17-21-25-27-31-35-41-51(39-33-29-23-19-15-9-3)49-59-57-45-37-43-53(55(57)11-5)47-48-54-44-38-46-58(56(54)12-6)60-50-52(40-34-30-24-20-16-10-4)42-36-32-28-26-22-18-14-8-2/h37-38,43-46,51-52H,7-36,39-42,49-50H2,1-6H3. The first-order valence-corrected chi connectivity index (χ1v) is 28.6. The molecule has 2 heteroatoms. The van der Waals surface area contributed by atoms with Gasteiger partial charge in [0.1, 0.15) is 0 Å². The van der Waals surface area contributed by atoms with Gasteiger partial charge in [-0.05, 0) is 85.8 Å². The Labute approximate surface area is 385 Å². The third-order valence-electron chi connectivity index (χ3n) is 13.1. The summed E-state index contributed by atoms with van der Waals surface area (Å²) in [6.45, 7) is 14.0. The Hall–Kier alpha value is -1.30. The molecule has 60 heavy (non-hydrogen) atoms. The van der Waals surface area contributed by atoms with Gasteiger partial charge in [-0.2, -0.15) is 0 Å². The molecule has 2 aromatic carbocycles. The zero-order chi connectivity index (χ0) is 43.1. The van der Waals surface area contributed by atoms with Crippen LogP contribution in [0.5, 0.6) is 0 Å². The molecule has 0 saturated carbocycles. The summed E-state index contributed by atoms with van der Waals surface area (Å²) in [5, 5.41) is 0. The molecule has 342 valence electrons. The van der Waals surface area contributed by atoms with E-state index in [9.17, 15) is 0 Å². The third kappa shape index (κ3) is 26.4. The van der Waals surface area contributed by atoms with Gasteiger partial charge in [-0.3, -0.25) is 0 Å². The Kier molecular flexibility index (Phi) is 35.9. The molecule has 0 aromatic heterocycles. The van der Waals surface area contributed by atoms with Crippen LogP contribution in [0, 0.1) is 23.7 Å². The van der Waals surface area contributed by atoms with Crippen LogP contribution >= 0.6 is 23.5 Å². The largest absolute Gasteiger partial charge is 0.126 e. The molecule has 0 radical (unpaired) electrons. The normalized spacial score (nSPS) is 12.4. The van der Waals surface area contributed by atoms with Crippen LogP contribution in [-0.4, -0.2) is 11.5 Å². The second-order valence-corrected chi connectivity index (χ2v) is 20.6. The molecular formula is C58H98S2. The molecule has 0 amide bonds. The summed E-state index contributed by atoms with van der Waals surface area (Å²) < 4.78 is 0. The van der Waals surface area contributed by atoms with E-state index >= 15 is 0 Å². The van der Waals surface area contributed by atoms with Gasteiger partial charge in [-0.1, -0.05) is 245 Å². The summed E-state index contributed by atoms with van der Waals surface area (Å²) in [5.74, 6) is 11.6. The lowest BCUT2D eigenvalue weighted by atomic mass is 9.95. The van der Waals surface area contributed by atoms with Crippen molar-refractivity contribution in [1.82, 2.24) is 0 Å². The van der Waals surface area contributed by atoms with Crippen LogP contribution in [0.1, 0.15) is 269 Å². The van der Waals surface area contributed by atoms with Gasteiger partial charge in [-0.25, -0.2) is 0 Å². The summed E-state index contributed by atoms with van der Waals surface area (Å²) in [7, 11) is 0. The first-order chi connectivity index (χ1) is 29.6. The molecule has 0 aliphatic carbocycles. The minimum Gasteiger partial charge on any atom is -0.126 e. The highest BCUT2D eigenvalue weighted by Gasteiger charge is 2.15. The topological polar surface area (TPSA) is 0 Å². The number of hydrogen-bond donors (Lipinski definition) is 0. The summed E-state index contributed by atoms with van der Waals surface area (Å²) in [4.78, 5) is 2.95. The van der Waals surface area contributed by atoms with Gasteiger partial charge >= 0.3 is 0 Å². The fraction of sp³-hybridized carbons (Fsp3) is 0.759. The first-order valence-electron chi connectivity index (χ1n) is 26.6. The van der Waals surface area contributed by atoms with E-state index in [1.807, 2.05) is 0 Å². The molecule has 2 aromatic rings. The number of hydrogen-bond acceptors (Lipinski definition) is 2. The molecule has 2 rings (SSSR count). The maximum atomic E-state index is 3.73. The number of benzene rings is 2. The molecule has 0 aliphatic heterocycles. The van der Waals surface area contributed by atoms with E-state index in [2.05, 4.69) is 113 Å². The highest BCUT2D eigenvalue weighted by Crippen LogP contribution is 2.33. The molecular weight excluding hydrogens is 761 g/mol. The van der Waals surface area contributed by atoms with Crippen molar-refractivity contribution in [2.24, 2.45) is 11.8 Å². The van der Waals surface area contributed by atoms with E-state index in [4.69, 9.17) is 0 Å². The van der Waals surface area contributed by atoms with Crippen molar-refractivity contribution in [1.29, 1.82) is 0 Å². The second kappa shape index (κ2) is 39.3. The third-order valence-corrected chi connectivity index (χ3v) is 15.8. The number of thioether (sulfide) groups is 2. The van der Waals surface area contributed by atoms with Gasteiger partial charge in [0.15, 0.2) is 0 Å². The highest BCUT2D eigenvalue weighted by atomic mass is 32.2.